The summed E-state index contributed by atoms with van der Waals surface area (Å²) in [7, 11) is 0. The number of carbonyl (C=O) groups excluding carboxylic acids is 1. The van der Waals surface area contributed by atoms with E-state index < -0.39 is 0 Å². The van der Waals surface area contributed by atoms with Crippen molar-refractivity contribution in [3.63, 3.8) is 0 Å². The van der Waals surface area contributed by atoms with Crippen molar-refractivity contribution in [2.45, 2.75) is 11.7 Å². The number of nitrogens with zero attached hydrogens (tertiary/aromatic N) is 2. The van der Waals surface area contributed by atoms with Crippen molar-refractivity contribution < 1.29 is 4.79 Å². The molecule has 5 nitrogen and oxygen atoms in total. The van der Waals surface area contributed by atoms with Gasteiger partial charge in [-0.2, -0.15) is 9.98 Å². The number of amides is 1. The van der Waals surface area contributed by atoms with Gasteiger partial charge in [0.25, 0.3) is 5.91 Å². The molecular weight excluding hydrogens is 307 g/mol. The Bertz CT molecular complexity index is 584. The van der Waals surface area contributed by atoms with Gasteiger partial charge in [-0.05, 0) is 18.1 Å². The van der Waals surface area contributed by atoms with E-state index >= 15 is 0 Å². The standard InChI is InChI=1S/C11H10Cl2N4OS/c12-6-3-1-2-5(8(6)13)4-7-9(18)16-11(19-7)17-10(14)15/h1-3,7H,4H2,(H4,14,15,16,17,18). The Morgan fingerprint density at radius 3 is 2.84 bits per heavy atom. The van der Waals surface area contributed by atoms with E-state index in [9.17, 15) is 4.79 Å². The third-order valence-electron chi connectivity index (χ3n) is 2.39. The summed E-state index contributed by atoms with van der Waals surface area (Å²) in [6.45, 7) is 0. The molecule has 4 N–H and O–H groups in total. The van der Waals surface area contributed by atoms with Gasteiger partial charge in [0, 0.05) is 0 Å². The zero-order chi connectivity index (χ0) is 14.0. The topological polar surface area (TPSA) is 93.8 Å². The van der Waals surface area contributed by atoms with E-state index in [-0.39, 0.29) is 22.3 Å². The maximum absolute atomic E-state index is 11.7. The quantitative estimate of drug-likeness (QED) is 0.642. The minimum Gasteiger partial charge on any atom is -0.370 e. The number of hydrogen-bond donors (Lipinski definition) is 2. The summed E-state index contributed by atoms with van der Waals surface area (Å²) in [6.07, 6.45) is 0.426. The van der Waals surface area contributed by atoms with Gasteiger partial charge in [-0.1, -0.05) is 47.1 Å². The number of hydrogen-bond acceptors (Lipinski definition) is 3. The third kappa shape index (κ3) is 3.40. The van der Waals surface area contributed by atoms with Crippen LogP contribution in [0.5, 0.6) is 0 Å². The van der Waals surface area contributed by atoms with Crippen LogP contribution in [0, 0.1) is 0 Å². The number of halogens is 2. The third-order valence-corrected chi connectivity index (χ3v) is 4.29. The summed E-state index contributed by atoms with van der Waals surface area (Å²) in [5, 5.41) is 0.801. The number of amidine groups is 1. The van der Waals surface area contributed by atoms with Crippen LogP contribution in [0.4, 0.5) is 0 Å². The molecule has 100 valence electrons. The Kier molecular flexibility index (Phi) is 4.34. The molecule has 1 aliphatic heterocycles. The fraction of sp³-hybridized carbons (Fsp3) is 0.182. The fourth-order valence-corrected chi connectivity index (χ4v) is 2.94. The lowest BCUT2D eigenvalue weighted by Gasteiger charge is -2.08. The molecule has 1 unspecified atom stereocenters. The van der Waals surface area contributed by atoms with Crippen LogP contribution in [0.2, 0.25) is 10.0 Å². The van der Waals surface area contributed by atoms with Crippen molar-refractivity contribution in [1.82, 2.24) is 0 Å². The molecule has 0 saturated carbocycles. The monoisotopic (exact) mass is 316 g/mol. The summed E-state index contributed by atoms with van der Waals surface area (Å²) in [5.74, 6) is -0.401. The maximum Gasteiger partial charge on any atom is 0.262 e. The van der Waals surface area contributed by atoms with Gasteiger partial charge in [0.15, 0.2) is 11.1 Å². The zero-order valence-electron chi connectivity index (χ0n) is 9.64. The highest BCUT2D eigenvalue weighted by molar-refractivity contribution is 8.15. The van der Waals surface area contributed by atoms with Crippen molar-refractivity contribution in [3.8, 4) is 0 Å². The normalized spacial score (nSPS) is 18.3. The molecule has 1 amide bonds. The van der Waals surface area contributed by atoms with Gasteiger partial charge in [-0.25, -0.2) is 0 Å². The lowest BCUT2D eigenvalue weighted by molar-refractivity contribution is -0.117. The molecule has 8 heteroatoms. The number of carbonyl (C=O) groups is 1. The number of nitrogens with two attached hydrogens (primary N) is 2. The van der Waals surface area contributed by atoms with E-state index in [2.05, 4.69) is 9.98 Å². The summed E-state index contributed by atoms with van der Waals surface area (Å²) in [4.78, 5) is 19.3. The number of guanidine groups is 1. The number of aliphatic imine (C=N–C) groups is 2. The molecule has 1 aromatic rings. The maximum atomic E-state index is 11.7. The molecular formula is C11H10Cl2N4OS. The van der Waals surface area contributed by atoms with Crippen LogP contribution in [0.1, 0.15) is 5.56 Å². The molecule has 0 aromatic heterocycles. The van der Waals surface area contributed by atoms with Crippen molar-refractivity contribution in [2.75, 3.05) is 0 Å². The molecule has 0 fully saturated rings. The van der Waals surface area contributed by atoms with E-state index in [4.69, 9.17) is 34.7 Å². The summed E-state index contributed by atoms with van der Waals surface area (Å²) < 4.78 is 0. The molecule has 0 aliphatic carbocycles. The van der Waals surface area contributed by atoms with Crippen molar-refractivity contribution in [1.29, 1.82) is 0 Å². The van der Waals surface area contributed by atoms with Gasteiger partial charge < -0.3 is 11.5 Å². The molecule has 0 radical (unpaired) electrons. The number of benzene rings is 1. The van der Waals surface area contributed by atoms with E-state index in [1.54, 1.807) is 12.1 Å². The lowest BCUT2D eigenvalue weighted by atomic mass is 10.1. The first-order valence-electron chi connectivity index (χ1n) is 5.29. The minimum atomic E-state index is -0.380. The predicted molar refractivity (Wildman–Crippen MR) is 79.8 cm³/mol. The van der Waals surface area contributed by atoms with Gasteiger partial charge in [0.1, 0.15) is 0 Å². The smallest absolute Gasteiger partial charge is 0.262 e. The van der Waals surface area contributed by atoms with Gasteiger partial charge in [-0.15, -0.1) is 0 Å². The molecule has 1 heterocycles. The first-order chi connectivity index (χ1) is 8.97. The van der Waals surface area contributed by atoms with E-state index in [1.807, 2.05) is 6.07 Å². The Labute approximate surface area is 124 Å². The first kappa shape index (κ1) is 14.2. The van der Waals surface area contributed by atoms with Crippen LogP contribution < -0.4 is 11.5 Å². The fourth-order valence-electron chi connectivity index (χ4n) is 1.57. The molecule has 0 spiro atoms. The number of rotatable bonds is 2. The second kappa shape index (κ2) is 5.81. The highest BCUT2D eigenvalue weighted by Gasteiger charge is 2.29. The molecule has 0 saturated heterocycles. The van der Waals surface area contributed by atoms with Gasteiger partial charge in [0.05, 0.1) is 15.3 Å². The SMILES string of the molecule is NC(N)=NC1=NC(=O)C(Cc2cccc(Cl)c2Cl)S1. The van der Waals surface area contributed by atoms with Crippen molar-refractivity contribution in [2.24, 2.45) is 21.5 Å². The van der Waals surface area contributed by atoms with E-state index in [0.717, 1.165) is 5.56 Å². The predicted octanol–water partition coefficient (Wildman–Crippen LogP) is 1.81. The van der Waals surface area contributed by atoms with Gasteiger partial charge in [-0.3, -0.25) is 4.79 Å². The first-order valence-corrected chi connectivity index (χ1v) is 6.92. The second-order valence-corrected chi connectivity index (χ2v) is 5.75. The van der Waals surface area contributed by atoms with E-state index in [0.29, 0.717) is 16.5 Å². The highest BCUT2D eigenvalue weighted by atomic mass is 35.5. The Morgan fingerprint density at radius 1 is 1.42 bits per heavy atom. The van der Waals surface area contributed by atoms with Crippen LogP contribution in [0.25, 0.3) is 0 Å². The van der Waals surface area contributed by atoms with Crippen molar-refractivity contribution >= 4 is 52.0 Å². The van der Waals surface area contributed by atoms with Gasteiger partial charge in [0.2, 0.25) is 0 Å². The zero-order valence-corrected chi connectivity index (χ0v) is 12.0. The number of thioether (sulfide) groups is 1. The molecule has 2 rings (SSSR count). The Hall–Kier alpha value is -1.24. The molecule has 19 heavy (non-hydrogen) atoms. The average molecular weight is 317 g/mol. The second-order valence-electron chi connectivity index (χ2n) is 3.79. The van der Waals surface area contributed by atoms with Gasteiger partial charge >= 0.3 is 0 Å². The molecule has 1 aliphatic rings. The molecule has 1 aromatic carbocycles. The van der Waals surface area contributed by atoms with E-state index in [1.165, 1.54) is 11.8 Å². The highest BCUT2D eigenvalue weighted by Crippen LogP contribution is 2.31. The van der Waals surface area contributed by atoms with Crippen LogP contribution in [0.15, 0.2) is 28.2 Å². The summed E-state index contributed by atoms with van der Waals surface area (Å²) in [6, 6.07) is 5.30. The Morgan fingerprint density at radius 2 is 2.16 bits per heavy atom. The van der Waals surface area contributed by atoms with Crippen molar-refractivity contribution in [3.05, 3.63) is 33.8 Å². The summed E-state index contributed by atoms with van der Waals surface area (Å²) in [5.41, 5.74) is 11.3. The van der Waals surface area contributed by atoms with Crippen LogP contribution in [-0.2, 0) is 11.2 Å². The van der Waals surface area contributed by atoms with Crippen LogP contribution in [0.3, 0.4) is 0 Å². The minimum absolute atomic E-state index is 0.125. The largest absolute Gasteiger partial charge is 0.370 e. The average Bonchev–Trinajstić information content (AvgIpc) is 2.64. The molecule has 1 atom stereocenters. The molecule has 0 bridgehead atoms. The lowest BCUT2D eigenvalue weighted by Crippen LogP contribution is -2.23. The summed E-state index contributed by atoms with van der Waals surface area (Å²) >= 11 is 13.2. The Balaban J connectivity index is 2.12. The van der Waals surface area contributed by atoms with Crippen LogP contribution in [-0.4, -0.2) is 22.3 Å². The van der Waals surface area contributed by atoms with Crippen LogP contribution >= 0.6 is 35.0 Å².